The van der Waals surface area contributed by atoms with Crippen LogP contribution in [0.5, 0.6) is 5.75 Å². The Hall–Kier alpha value is -4.09. The molecule has 0 aromatic heterocycles. The normalized spacial score (nSPS) is 10.9. The highest BCUT2D eigenvalue weighted by molar-refractivity contribution is 6.31. The third-order valence-electron chi connectivity index (χ3n) is 5.05. The zero-order chi connectivity index (χ0) is 23.8. The number of amides is 1. The van der Waals surface area contributed by atoms with Crippen molar-refractivity contribution >= 4 is 46.0 Å². The van der Waals surface area contributed by atoms with Crippen molar-refractivity contribution in [2.75, 3.05) is 11.9 Å². The number of hydrogen-bond acceptors (Lipinski definition) is 4. The maximum Gasteiger partial charge on any atom is 0.331 e. The number of fused-ring (bicyclic) bond motifs is 1. The van der Waals surface area contributed by atoms with Crippen LogP contribution in [0.2, 0.25) is 5.02 Å². The topological polar surface area (TPSA) is 64.6 Å². The van der Waals surface area contributed by atoms with Crippen molar-refractivity contribution in [1.29, 1.82) is 0 Å². The van der Waals surface area contributed by atoms with Crippen LogP contribution in [0.25, 0.3) is 16.8 Å². The van der Waals surface area contributed by atoms with E-state index in [0.717, 1.165) is 21.9 Å². The summed E-state index contributed by atoms with van der Waals surface area (Å²) in [6, 6.07) is 28.1. The van der Waals surface area contributed by atoms with Crippen molar-refractivity contribution in [3.8, 4) is 5.75 Å². The lowest BCUT2D eigenvalue weighted by Gasteiger charge is -2.08. The first-order chi connectivity index (χ1) is 16.6. The monoisotopic (exact) mass is 471 g/mol. The maximum absolute atomic E-state index is 12.2. The molecule has 1 N–H and O–H groups in total. The molecular weight excluding hydrogens is 450 g/mol. The lowest BCUT2D eigenvalue weighted by molar-refractivity contribution is -0.142. The van der Waals surface area contributed by atoms with Crippen LogP contribution < -0.4 is 10.1 Å². The van der Waals surface area contributed by atoms with E-state index in [0.29, 0.717) is 23.1 Å². The van der Waals surface area contributed by atoms with Crippen molar-refractivity contribution in [3.63, 3.8) is 0 Å². The molecule has 0 saturated heterocycles. The van der Waals surface area contributed by atoms with Gasteiger partial charge in [0.2, 0.25) is 0 Å². The lowest BCUT2D eigenvalue weighted by atomic mass is 10.1. The smallest absolute Gasteiger partial charge is 0.331 e. The Bertz CT molecular complexity index is 1330. The fraction of sp³-hybridized carbons (Fsp3) is 0.0714. The standard InChI is InChI=1S/C28H22ClNO4/c29-25-10-4-2-7-22(25)18-33-23-15-12-20(13-16-23)14-17-28(32)34-19-27(31)30-26-11-5-8-21-6-1-3-9-24(21)26/h1-17H,18-19H2,(H,30,31)/b17-14+. The molecule has 1 amide bonds. The number of rotatable bonds is 8. The van der Waals surface area contributed by atoms with Gasteiger partial charge in [0.25, 0.3) is 5.91 Å². The van der Waals surface area contributed by atoms with E-state index in [-0.39, 0.29) is 6.61 Å². The number of ether oxygens (including phenoxy) is 2. The average Bonchev–Trinajstić information content (AvgIpc) is 2.86. The van der Waals surface area contributed by atoms with Crippen LogP contribution in [0.1, 0.15) is 11.1 Å². The van der Waals surface area contributed by atoms with Gasteiger partial charge in [0.1, 0.15) is 12.4 Å². The summed E-state index contributed by atoms with van der Waals surface area (Å²) in [6.07, 6.45) is 2.90. The van der Waals surface area contributed by atoms with Crippen LogP contribution in [0.15, 0.2) is 97.1 Å². The van der Waals surface area contributed by atoms with E-state index >= 15 is 0 Å². The molecule has 0 atom stereocenters. The maximum atomic E-state index is 12.2. The molecule has 5 nitrogen and oxygen atoms in total. The second-order valence-electron chi connectivity index (χ2n) is 7.47. The second-order valence-corrected chi connectivity index (χ2v) is 7.87. The average molecular weight is 472 g/mol. The molecule has 0 radical (unpaired) electrons. The van der Waals surface area contributed by atoms with Crippen LogP contribution >= 0.6 is 11.6 Å². The third-order valence-corrected chi connectivity index (χ3v) is 5.42. The summed E-state index contributed by atoms with van der Waals surface area (Å²) < 4.78 is 10.8. The molecule has 4 rings (SSSR count). The number of halogens is 1. The van der Waals surface area contributed by atoms with E-state index in [1.54, 1.807) is 18.2 Å². The SMILES string of the molecule is O=C(COC(=O)/C=C/c1ccc(OCc2ccccc2Cl)cc1)Nc1cccc2ccccc12. The van der Waals surface area contributed by atoms with Gasteiger partial charge in [0.15, 0.2) is 6.61 Å². The van der Waals surface area contributed by atoms with Crippen LogP contribution in [0.3, 0.4) is 0 Å². The number of carbonyl (C=O) groups excluding carboxylic acids is 2. The molecule has 0 saturated carbocycles. The Morgan fingerprint density at radius 2 is 1.59 bits per heavy atom. The van der Waals surface area contributed by atoms with Crippen LogP contribution in [-0.2, 0) is 20.9 Å². The summed E-state index contributed by atoms with van der Waals surface area (Å²) in [5.74, 6) is -0.324. The Labute approximate surface area is 202 Å². The highest BCUT2D eigenvalue weighted by Crippen LogP contribution is 2.23. The first kappa shape index (κ1) is 23.1. The number of hydrogen-bond donors (Lipinski definition) is 1. The number of anilines is 1. The molecule has 4 aromatic rings. The third kappa shape index (κ3) is 6.24. The minimum Gasteiger partial charge on any atom is -0.489 e. The van der Waals surface area contributed by atoms with Crippen LogP contribution in [-0.4, -0.2) is 18.5 Å². The van der Waals surface area contributed by atoms with Gasteiger partial charge in [-0.3, -0.25) is 4.79 Å². The van der Waals surface area contributed by atoms with Gasteiger partial charge < -0.3 is 14.8 Å². The first-order valence-electron chi connectivity index (χ1n) is 10.7. The molecule has 4 aromatic carbocycles. The molecular formula is C28H22ClNO4. The Balaban J connectivity index is 1.25. The molecule has 0 aliphatic heterocycles. The second kappa shape index (κ2) is 11.2. The molecule has 0 aliphatic carbocycles. The molecule has 0 aliphatic rings. The summed E-state index contributed by atoms with van der Waals surface area (Å²) in [6.45, 7) is -0.0107. The summed E-state index contributed by atoms with van der Waals surface area (Å²) in [4.78, 5) is 24.2. The van der Waals surface area contributed by atoms with Crippen molar-refractivity contribution in [1.82, 2.24) is 0 Å². The molecule has 6 heteroatoms. The number of benzene rings is 4. The zero-order valence-corrected chi connectivity index (χ0v) is 19.0. The predicted octanol–water partition coefficient (Wildman–Crippen LogP) is 6.27. The molecule has 34 heavy (non-hydrogen) atoms. The van der Waals surface area contributed by atoms with Crippen molar-refractivity contribution in [2.45, 2.75) is 6.61 Å². The minimum absolute atomic E-state index is 0.363. The summed E-state index contributed by atoms with van der Waals surface area (Å²) in [5.41, 5.74) is 2.37. The Morgan fingerprint density at radius 1 is 0.853 bits per heavy atom. The highest BCUT2D eigenvalue weighted by Gasteiger charge is 2.08. The quantitative estimate of drug-likeness (QED) is 0.243. The van der Waals surface area contributed by atoms with Gasteiger partial charge in [0.05, 0.1) is 0 Å². The first-order valence-corrected chi connectivity index (χ1v) is 11.0. The van der Waals surface area contributed by atoms with Gasteiger partial charge in [0, 0.05) is 27.7 Å². The number of carbonyl (C=O) groups is 2. The molecule has 0 fully saturated rings. The van der Waals surface area contributed by atoms with Gasteiger partial charge in [-0.25, -0.2) is 4.79 Å². The number of esters is 1. The van der Waals surface area contributed by atoms with E-state index in [1.165, 1.54) is 6.08 Å². The minimum atomic E-state index is -0.605. The van der Waals surface area contributed by atoms with E-state index in [4.69, 9.17) is 21.1 Å². The molecule has 0 bridgehead atoms. The largest absolute Gasteiger partial charge is 0.489 e. The summed E-state index contributed by atoms with van der Waals surface area (Å²) in [7, 11) is 0. The predicted molar refractivity (Wildman–Crippen MR) is 135 cm³/mol. The van der Waals surface area contributed by atoms with E-state index in [9.17, 15) is 9.59 Å². The van der Waals surface area contributed by atoms with Gasteiger partial charge in [-0.1, -0.05) is 78.3 Å². The molecule has 0 spiro atoms. The van der Waals surface area contributed by atoms with Gasteiger partial charge in [-0.05, 0) is 41.3 Å². The summed E-state index contributed by atoms with van der Waals surface area (Å²) >= 11 is 6.14. The summed E-state index contributed by atoms with van der Waals surface area (Å²) in [5, 5.41) is 5.38. The van der Waals surface area contributed by atoms with Gasteiger partial charge in [-0.2, -0.15) is 0 Å². The van der Waals surface area contributed by atoms with E-state index in [1.807, 2.05) is 78.9 Å². The van der Waals surface area contributed by atoms with E-state index in [2.05, 4.69) is 5.32 Å². The van der Waals surface area contributed by atoms with Crippen molar-refractivity contribution in [2.24, 2.45) is 0 Å². The van der Waals surface area contributed by atoms with E-state index < -0.39 is 11.9 Å². The molecule has 0 unspecified atom stereocenters. The van der Waals surface area contributed by atoms with Crippen molar-refractivity contribution in [3.05, 3.63) is 113 Å². The highest BCUT2D eigenvalue weighted by atomic mass is 35.5. The lowest BCUT2D eigenvalue weighted by Crippen LogP contribution is -2.20. The number of nitrogens with one attached hydrogen (secondary N) is 1. The fourth-order valence-electron chi connectivity index (χ4n) is 3.32. The van der Waals surface area contributed by atoms with Crippen LogP contribution in [0, 0.1) is 0 Å². The van der Waals surface area contributed by atoms with Gasteiger partial charge >= 0.3 is 5.97 Å². The molecule has 170 valence electrons. The Morgan fingerprint density at radius 3 is 2.41 bits per heavy atom. The van der Waals surface area contributed by atoms with Gasteiger partial charge in [-0.15, -0.1) is 0 Å². The fourth-order valence-corrected chi connectivity index (χ4v) is 3.51. The van der Waals surface area contributed by atoms with Crippen molar-refractivity contribution < 1.29 is 19.1 Å². The molecule has 0 heterocycles. The van der Waals surface area contributed by atoms with Crippen LogP contribution in [0.4, 0.5) is 5.69 Å². The zero-order valence-electron chi connectivity index (χ0n) is 18.2. The Kier molecular flexibility index (Phi) is 7.58.